The molecule has 21 heavy (non-hydrogen) atoms. The fraction of sp³-hybridized carbons (Fsp3) is 0.562. The molecule has 0 bridgehead atoms. The maximum Gasteiger partial charge on any atom is 0.256 e. The second-order valence-electron chi connectivity index (χ2n) is 5.83. The fourth-order valence-electron chi connectivity index (χ4n) is 3.13. The maximum absolute atomic E-state index is 13.9. The van der Waals surface area contributed by atoms with E-state index >= 15 is 0 Å². The monoisotopic (exact) mass is 292 g/mol. The molecular formula is C16H21FN2O2. The average Bonchev–Trinajstić information content (AvgIpc) is 2.97. The third-order valence-corrected chi connectivity index (χ3v) is 4.37. The van der Waals surface area contributed by atoms with Crippen molar-refractivity contribution in [2.24, 2.45) is 0 Å². The molecule has 0 aromatic heterocycles. The molecule has 114 valence electrons. The number of nitrogens with zero attached hydrogens (tertiary/aromatic N) is 2. The highest BCUT2D eigenvalue weighted by atomic mass is 19.1. The Kier molecular flexibility index (Phi) is 4.22. The van der Waals surface area contributed by atoms with Crippen molar-refractivity contribution in [2.45, 2.75) is 19.4 Å². The van der Waals surface area contributed by atoms with Crippen LogP contribution >= 0.6 is 0 Å². The number of hydrogen-bond donors (Lipinski definition) is 0. The molecular weight excluding hydrogens is 271 g/mol. The van der Waals surface area contributed by atoms with Gasteiger partial charge in [0.05, 0.1) is 18.8 Å². The molecule has 5 heteroatoms. The molecule has 3 rings (SSSR count). The molecule has 4 nitrogen and oxygen atoms in total. The molecule has 2 heterocycles. The molecule has 0 N–H and O–H groups in total. The Morgan fingerprint density at radius 2 is 2.05 bits per heavy atom. The second kappa shape index (κ2) is 6.12. The van der Waals surface area contributed by atoms with Gasteiger partial charge in [-0.1, -0.05) is 6.07 Å². The first-order valence-corrected chi connectivity index (χ1v) is 7.52. The van der Waals surface area contributed by atoms with Gasteiger partial charge in [0.25, 0.3) is 5.91 Å². The molecule has 1 aromatic carbocycles. The first kappa shape index (κ1) is 14.5. The molecule has 2 saturated heterocycles. The lowest BCUT2D eigenvalue weighted by Crippen LogP contribution is -2.45. The molecule has 0 radical (unpaired) electrons. The van der Waals surface area contributed by atoms with Crippen molar-refractivity contribution >= 4 is 5.91 Å². The minimum Gasteiger partial charge on any atom is -0.379 e. The number of likely N-dealkylation sites (tertiary alicyclic amines) is 1. The van der Waals surface area contributed by atoms with Gasteiger partial charge < -0.3 is 9.64 Å². The van der Waals surface area contributed by atoms with Crippen LogP contribution in [0.25, 0.3) is 0 Å². The van der Waals surface area contributed by atoms with Gasteiger partial charge in [0, 0.05) is 32.2 Å². The van der Waals surface area contributed by atoms with E-state index in [-0.39, 0.29) is 11.5 Å². The van der Waals surface area contributed by atoms with Crippen LogP contribution in [0.5, 0.6) is 0 Å². The molecule has 2 aliphatic rings. The zero-order valence-electron chi connectivity index (χ0n) is 12.3. The summed E-state index contributed by atoms with van der Waals surface area (Å²) in [5.74, 6) is -0.613. The third kappa shape index (κ3) is 3.09. The first-order chi connectivity index (χ1) is 10.1. The highest BCUT2D eigenvalue weighted by Gasteiger charge is 2.32. The van der Waals surface area contributed by atoms with Crippen LogP contribution in [0.3, 0.4) is 0 Å². The molecule has 0 saturated carbocycles. The van der Waals surface area contributed by atoms with Crippen LogP contribution in [0.2, 0.25) is 0 Å². The lowest BCUT2D eigenvalue weighted by molar-refractivity contribution is 0.0185. The number of ether oxygens (including phenoxy) is 1. The van der Waals surface area contributed by atoms with E-state index in [2.05, 4.69) is 4.90 Å². The van der Waals surface area contributed by atoms with Crippen LogP contribution in [0.15, 0.2) is 18.2 Å². The summed E-state index contributed by atoms with van der Waals surface area (Å²) in [6.07, 6.45) is 0.958. The summed E-state index contributed by atoms with van der Waals surface area (Å²) in [5, 5.41) is 0. The number of morpholine rings is 1. The van der Waals surface area contributed by atoms with E-state index in [0.29, 0.717) is 19.1 Å². The maximum atomic E-state index is 13.9. The van der Waals surface area contributed by atoms with Gasteiger partial charge in [-0.3, -0.25) is 9.69 Å². The quantitative estimate of drug-likeness (QED) is 0.831. The molecule has 1 aromatic rings. The molecule has 1 unspecified atom stereocenters. The van der Waals surface area contributed by atoms with E-state index in [0.717, 1.165) is 38.3 Å². The highest BCUT2D eigenvalue weighted by Crippen LogP contribution is 2.20. The fourth-order valence-corrected chi connectivity index (χ4v) is 3.13. The van der Waals surface area contributed by atoms with Crippen molar-refractivity contribution in [3.63, 3.8) is 0 Å². The first-order valence-electron chi connectivity index (χ1n) is 7.52. The number of benzene rings is 1. The van der Waals surface area contributed by atoms with Crippen molar-refractivity contribution in [1.82, 2.24) is 9.80 Å². The van der Waals surface area contributed by atoms with E-state index in [1.807, 2.05) is 6.92 Å². The second-order valence-corrected chi connectivity index (χ2v) is 5.83. The minimum absolute atomic E-state index is 0.184. The molecule has 0 aliphatic carbocycles. The highest BCUT2D eigenvalue weighted by molar-refractivity contribution is 5.94. The topological polar surface area (TPSA) is 32.8 Å². The third-order valence-electron chi connectivity index (χ3n) is 4.37. The van der Waals surface area contributed by atoms with Gasteiger partial charge in [0.15, 0.2) is 0 Å². The van der Waals surface area contributed by atoms with Gasteiger partial charge in [0.1, 0.15) is 5.82 Å². The Balaban J connectivity index is 1.66. The molecule has 2 aliphatic heterocycles. The van der Waals surface area contributed by atoms with Crippen molar-refractivity contribution in [3.8, 4) is 0 Å². The minimum atomic E-state index is -0.421. The Morgan fingerprint density at radius 1 is 1.29 bits per heavy atom. The van der Waals surface area contributed by atoms with E-state index < -0.39 is 5.82 Å². The average molecular weight is 292 g/mol. The summed E-state index contributed by atoms with van der Waals surface area (Å²) in [6.45, 7) is 6.58. The summed E-state index contributed by atoms with van der Waals surface area (Å²) in [6, 6.07) is 5.18. The van der Waals surface area contributed by atoms with E-state index in [1.165, 1.54) is 6.07 Å². The molecule has 1 atom stereocenters. The summed E-state index contributed by atoms with van der Waals surface area (Å²) in [4.78, 5) is 16.6. The Bertz CT molecular complexity index is 529. The number of halogens is 1. The van der Waals surface area contributed by atoms with Crippen molar-refractivity contribution in [1.29, 1.82) is 0 Å². The van der Waals surface area contributed by atoms with Crippen LogP contribution in [0, 0.1) is 12.7 Å². The summed E-state index contributed by atoms with van der Waals surface area (Å²) < 4.78 is 19.3. The van der Waals surface area contributed by atoms with Crippen LogP contribution < -0.4 is 0 Å². The van der Waals surface area contributed by atoms with Gasteiger partial charge >= 0.3 is 0 Å². The van der Waals surface area contributed by atoms with Crippen molar-refractivity contribution < 1.29 is 13.9 Å². The summed E-state index contributed by atoms with van der Waals surface area (Å²) in [5.41, 5.74) is 1.01. The smallest absolute Gasteiger partial charge is 0.256 e. The predicted octanol–water partition coefficient (Wildman–Crippen LogP) is 1.68. The van der Waals surface area contributed by atoms with E-state index in [9.17, 15) is 9.18 Å². The lowest BCUT2D eigenvalue weighted by atomic mass is 10.1. The molecule has 2 fully saturated rings. The van der Waals surface area contributed by atoms with Gasteiger partial charge in [-0.15, -0.1) is 0 Å². The summed E-state index contributed by atoms with van der Waals surface area (Å²) >= 11 is 0. The Morgan fingerprint density at radius 3 is 2.76 bits per heavy atom. The van der Waals surface area contributed by atoms with Crippen LogP contribution in [0.1, 0.15) is 22.3 Å². The van der Waals surface area contributed by atoms with Gasteiger partial charge in [-0.05, 0) is 31.0 Å². The van der Waals surface area contributed by atoms with E-state index in [4.69, 9.17) is 4.74 Å². The van der Waals surface area contributed by atoms with Crippen LogP contribution in [-0.2, 0) is 4.74 Å². The van der Waals surface area contributed by atoms with Gasteiger partial charge in [0.2, 0.25) is 0 Å². The van der Waals surface area contributed by atoms with E-state index in [1.54, 1.807) is 17.0 Å². The van der Waals surface area contributed by atoms with Crippen molar-refractivity contribution in [2.75, 3.05) is 39.4 Å². The van der Waals surface area contributed by atoms with Gasteiger partial charge in [-0.25, -0.2) is 4.39 Å². The predicted molar refractivity (Wildman–Crippen MR) is 77.8 cm³/mol. The normalized spacial score (nSPS) is 23.5. The Hall–Kier alpha value is -1.46. The number of amides is 1. The zero-order chi connectivity index (χ0) is 14.8. The SMILES string of the molecule is Cc1ccc(C(=O)N2CCC(N3CCOCC3)C2)c(F)c1. The standard InChI is InChI=1S/C16H21FN2O2/c1-12-2-3-14(15(17)10-12)16(20)19-5-4-13(11-19)18-6-8-21-9-7-18/h2-3,10,13H,4-9,11H2,1H3. The summed E-state index contributed by atoms with van der Waals surface area (Å²) in [7, 11) is 0. The number of aryl methyl sites for hydroxylation is 1. The molecule has 0 spiro atoms. The number of carbonyl (C=O) groups is 1. The van der Waals surface area contributed by atoms with Crippen LogP contribution in [-0.4, -0.2) is 61.1 Å². The van der Waals surface area contributed by atoms with Gasteiger partial charge in [-0.2, -0.15) is 0 Å². The Labute approximate surface area is 124 Å². The number of rotatable bonds is 2. The van der Waals surface area contributed by atoms with Crippen molar-refractivity contribution in [3.05, 3.63) is 35.1 Å². The molecule has 1 amide bonds. The number of carbonyl (C=O) groups excluding carboxylic acids is 1. The van der Waals surface area contributed by atoms with Crippen LogP contribution in [0.4, 0.5) is 4.39 Å². The zero-order valence-corrected chi connectivity index (χ0v) is 12.3. The number of hydrogen-bond acceptors (Lipinski definition) is 3. The largest absolute Gasteiger partial charge is 0.379 e. The lowest BCUT2D eigenvalue weighted by Gasteiger charge is -2.32.